The normalized spacial score (nSPS) is 19.2. The van der Waals surface area contributed by atoms with Gasteiger partial charge in [-0.25, -0.2) is 0 Å². The lowest BCUT2D eigenvalue weighted by Gasteiger charge is -2.33. The first kappa shape index (κ1) is 14.5. The molecule has 1 aliphatic rings. The van der Waals surface area contributed by atoms with E-state index in [9.17, 15) is 0 Å². The van der Waals surface area contributed by atoms with E-state index in [-0.39, 0.29) is 5.41 Å². The molecule has 98 valence electrons. The fourth-order valence-electron chi connectivity index (χ4n) is 2.34. The molecular formula is C14H27N3. The molecule has 0 aliphatic carbocycles. The Labute approximate surface area is 106 Å². The second-order valence-electron chi connectivity index (χ2n) is 5.92. The van der Waals surface area contributed by atoms with Crippen molar-refractivity contribution < 1.29 is 0 Å². The monoisotopic (exact) mass is 237 g/mol. The molecule has 1 heterocycles. The van der Waals surface area contributed by atoms with E-state index in [0.717, 1.165) is 25.4 Å². The minimum Gasteiger partial charge on any atom is -0.320 e. The van der Waals surface area contributed by atoms with E-state index in [1.54, 1.807) is 0 Å². The highest BCUT2D eigenvalue weighted by Crippen LogP contribution is 2.23. The molecule has 0 amide bonds. The molecule has 1 saturated heterocycles. The van der Waals surface area contributed by atoms with Gasteiger partial charge in [0.15, 0.2) is 0 Å². The van der Waals surface area contributed by atoms with Gasteiger partial charge in [0, 0.05) is 0 Å². The van der Waals surface area contributed by atoms with Crippen LogP contribution in [0.25, 0.3) is 0 Å². The first-order valence-electron chi connectivity index (χ1n) is 6.85. The van der Waals surface area contributed by atoms with Crippen molar-refractivity contribution >= 4 is 0 Å². The lowest BCUT2D eigenvalue weighted by atomic mass is 9.89. The van der Waals surface area contributed by atoms with E-state index in [4.69, 9.17) is 5.26 Å². The van der Waals surface area contributed by atoms with Gasteiger partial charge in [-0.1, -0.05) is 0 Å². The molecule has 1 rings (SSSR count). The van der Waals surface area contributed by atoms with Crippen molar-refractivity contribution in [2.45, 2.75) is 39.5 Å². The first-order chi connectivity index (χ1) is 8.07. The molecule has 1 aliphatic heterocycles. The van der Waals surface area contributed by atoms with Crippen molar-refractivity contribution in [1.82, 2.24) is 10.2 Å². The molecule has 0 bridgehead atoms. The van der Waals surface area contributed by atoms with Crippen molar-refractivity contribution in [3.05, 3.63) is 0 Å². The fourth-order valence-corrected chi connectivity index (χ4v) is 2.34. The summed E-state index contributed by atoms with van der Waals surface area (Å²) < 4.78 is 0. The Hall–Kier alpha value is -0.590. The molecule has 0 unspecified atom stereocenters. The van der Waals surface area contributed by atoms with Crippen molar-refractivity contribution in [1.29, 1.82) is 5.26 Å². The Morgan fingerprint density at radius 1 is 1.35 bits per heavy atom. The van der Waals surface area contributed by atoms with E-state index >= 15 is 0 Å². The molecule has 0 saturated carbocycles. The summed E-state index contributed by atoms with van der Waals surface area (Å²) in [5.41, 5.74) is -0.164. The number of nitrogens with one attached hydrogen (secondary N) is 1. The van der Waals surface area contributed by atoms with Gasteiger partial charge < -0.3 is 10.2 Å². The summed E-state index contributed by atoms with van der Waals surface area (Å²) in [6.07, 6.45) is 4.96. The van der Waals surface area contributed by atoms with Gasteiger partial charge in [0.25, 0.3) is 0 Å². The molecule has 3 nitrogen and oxygen atoms in total. The maximum Gasteiger partial charge on any atom is 0.0684 e. The van der Waals surface area contributed by atoms with Crippen LogP contribution in [0.15, 0.2) is 0 Å². The predicted molar refractivity (Wildman–Crippen MR) is 71.7 cm³/mol. The van der Waals surface area contributed by atoms with Gasteiger partial charge in [-0.2, -0.15) is 5.26 Å². The molecule has 0 atom stereocenters. The van der Waals surface area contributed by atoms with Crippen LogP contribution in [0.5, 0.6) is 0 Å². The molecule has 1 fully saturated rings. The van der Waals surface area contributed by atoms with Gasteiger partial charge in [0.05, 0.1) is 11.5 Å². The predicted octanol–water partition coefficient (Wildman–Crippen LogP) is 2.25. The summed E-state index contributed by atoms with van der Waals surface area (Å²) in [5.74, 6) is 0.905. The van der Waals surface area contributed by atoms with E-state index in [2.05, 4.69) is 16.3 Å². The van der Waals surface area contributed by atoms with Gasteiger partial charge in [0.2, 0.25) is 0 Å². The zero-order chi connectivity index (χ0) is 12.7. The summed E-state index contributed by atoms with van der Waals surface area (Å²) >= 11 is 0. The second-order valence-corrected chi connectivity index (χ2v) is 5.92. The molecular weight excluding hydrogens is 210 g/mol. The number of piperidine rings is 1. The Morgan fingerprint density at radius 2 is 2.00 bits per heavy atom. The summed E-state index contributed by atoms with van der Waals surface area (Å²) in [6, 6.07) is 2.38. The van der Waals surface area contributed by atoms with Crippen LogP contribution in [0.3, 0.4) is 0 Å². The lowest BCUT2D eigenvalue weighted by molar-refractivity contribution is 0.165. The third-order valence-electron chi connectivity index (χ3n) is 3.87. The highest BCUT2D eigenvalue weighted by atomic mass is 15.1. The van der Waals surface area contributed by atoms with Crippen LogP contribution >= 0.6 is 0 Å². The smallest absolute Gasteiger partial charge is 0.0684 e. The van der Waals surface area contributed by atoms with Crippen LogP contribution < -0.4 is 5.32 Å². The standard InChI is InChI=1S/C14H27N3/c1-14(2,12-15)7-11-17-9-5-13(6-10-17)4-8-16-3/h13,16H,4-11H2,1-3H3. The number of likely N-dealkylation sites (tertiary alicyclic amines) is 1. The lowest BCUT2D eigenvalue weighted by Crippen LogP contribution is -2.36. The van der Waals surface area contributed by atoms with Crippen molar-refractivity contribution in [3.63, 3.8) is 0 Å². The van der Waals surface area contributed by atoms with Crippen LogP contribution in [0, 0.1) is 22.7 Å². The van der Waals surface area contributed by atoms with E-state index < -0.39 is 0 Å². The molecule has 0 aromatic rings. The third-order valence-corrected chi connectivity index (χ3v) is 3.87. The van der Waals surface area contributed by atoms with Gasteiger partial charge in [-0.15, -0.1) is 0 Å². The topological polar surface area (TPSA) is 39.1 Å². The Bertz CT molecular complexity index is 247. The van der Waals surface area contributed by atoms with E-state index in [0.29, 0.717) is 0 Å². The molecule has 3 heteroatoms. The van der Waals surface area contributed by atoms with Crippen molar-refractivity contribution in [2.75, 3.05) is 33.2 Å². The van der Waals surface area contributed by atoms with Gasteiger partial charge in [0.1, 0.15) is 0 Å². The largest absolute Gasteiger partial charge is 0.320 e. The van der Waals surface area contributed by atoms with Crippen molar-refractivity contribution in [3.8, 4) is 6.07 Å². The summed E-state index contributed by atoms with van der Waals surface area (Å²) in [4.78, 5) is 2.52. The van der Waals surface area contributed by atoms with Crippen LogP contribution in [0.1, 0.15) is 39.5 Å². The highest BCUT2D eigenvalue weighted by molar-refractivity contribution is 4.92. The Kier molecular flexibility index (Phi) is 5.94. The molecule has 0 radical (unpaired) electrons. The van der Waals surface area contributed by atoms with Crippen LogP contribution in [-0.4, -0.2) is 38.1 Å². The van der Waals surface area contributed by atoms with Crippen LogP contribution in [0.4, 0.5) is 0 Å². The van der Waals surface area contributed by atoms with Gasteiger partial charge in [-0.3, -0.25) is 0 Å². The second kappa shape index (κ2) is 6.98. The Morgan fingerprint density at radius 3 is 2.53 bits per heavy atom. The number of nitriles is 1. The maximum atomic E-state index is 8.99. The molecule has 17 heavy (non-hydrogen) atoms. The zero-order valence-corrected chi connectivity index (χ0v) is 11.6. The molecule has 1 N–H and O–H groups in total. The minimum absolute atomic E-state index is 0.164. The number of hydrogen-bond donors (Lipinski definition) is 1. The van der Waals surface area contributed by atoms with E-state index in [1.807, 2.05) is 20.9 Å². The summed E-state index contributed by atoms with van der Waals surface area (Å²) in [5, 5.41) is 12.2. The maximum absolute atomic E-state index is 8.99. The molecule has 0 aromatic heterocycles. The first-order valence-corrected chi connectivity index (χ1v) is 6.85. The quantitative estimate of drug-likeness (QED) is 0.770. The zero-order valence-electron chi connectivity index (χ0n) is 11.6. The SMILES string of the molecule is CNCCC1CCN(CCC(C)(C)C#N)CC1. The third kappa shape index (κ3) is 5.52. The van der Waals surface area contributed by atoms with Gasteiger partial charge >= 0.3 is 0 Å². The van der Waals surface area contributed by atoms with Crippen molar-refractivity contribution in [2.24, 2.45) is 11.3 Å². The number of rotatable bonds is 6. The minimum atomic E-state index is -0.164. The molecule has 0 spiro atoms. The van der Waals surface area contributed by atoms with Crippen LogP contribution in [-0.2, 0) is 0 Å². The van der Waals surface area contributed by atoms with Crippen LogP contribution in [0.2, 0.25) is 0 Å². The van der Waals surface area contributed by atoms with E-state index in [1.165, 1.54) is 32.4 Å². The Balaban J connectivity index is 2.17. The average Bonchev–Trinajstić information content (AvgIpc) is 2.35. The number of hydrogen-bond acceptors (Lipinski definition) is 3. The molecule has 0 aromatic carbocycles. The number of nitrogens with zero attached hydrogens (tertiary/aromatic N) is 2. The average molecular weight is 237 g/mol. The summed E-state index contributed by atoms with van der Waals surface area (Å²) in [7, 11) is 2.03. The summed E-state index contributed by atoms with van der Waals surface area (Å²) in [6.45, 7) is 8.73. The highest BCUT2D eigenvalue weighted by Gasteiger charge is 2.22. The fraction of sp³-hybridized carbons (Fsp3) is 0.929. The van der Waals surface area contributed by atoms with Gasteiger partial charge in [-0.05, 0) is 78.7 Å².